The van der Waals surface area contributed by atoms with Gasteiger partial charge in [0.1, 0.15) is 5.60 Å². The van der Waals surface area contributed by atoms with Crippen LogP contribution < -0.4 is 5.76 Å². The first-order valence-electron chi connectivity index (χ1n) is 7.74. The summed E-state index contributed by atoms with van der Waals surface area (Å²) in [5.41, 5.74) is 2.27. The number of nitrogens with one attached hydrogen (secondary N) is 1. The fraction of sp³-hybridized carbons (Fsp3) is 0.278. The first-order chi connectivity index (χ1) is 11.1. The van der Waals surface area contributed by atoms with Crippen LogP contribution in [0.3, 0.4) is 0 Å². The van der Waals surface area contributed by atoms with Crippen LogP contribution in [0.1, 0.15) is 17.5 Å². The molecule has 1 aliphatic heterocycles. The van der Waals surface area contributed by atoms with Crippen LogP contribution in [-0.4, -0.2) is 28.1 Å². The van der Waals surface area contributed by atoms with Crippen molar-refractivity contribution in [3.63, 3.8) is 0 Å². The minimum Gasteiger partial charge on any atom is -0.408 e. The van der Waals surface area contributed by atoms with Gasteiger partial charge in [-0.05, 0) is 29.7 Å². The molecule has 0 spiro atoms. The normalized spacial score (nSPS) is 22.0. The minimum atomic E-state index is -0.904. The van der Waals surface area contributed by atoms with Crippen LogP contribution in [0.5, 0.6) is 0 Å². The number of fused-ring (bicyclic) bond motifs is 1. The number of rotatable bonds is 3. The highest BCUT2D eigenvalue weighted by Gasteiger charge is 2.37. The summed E-state index contributed by atoms with van der Waals surface area (Å²) in [4.78, 5) is 16.1. The van der Waals surface area contributed by atoms with Gasteiger partial charge in [0, 0.05) is 19.6 Å². The molecule has 1 aliphatic rings. The Morgan fingerprint density at radius 2 is 2.04 bits per heavy atom. The highest BCUT2D eigenvalue weighted by molar-refractivity contribution is 5.73. The van der Waals surface area contributed by atoms with E-state index < -0.39 is 11.4 Å². The number of aliphatic hydroxyl groups is 1. The minimum absolute atomic E-state index is 0.471. The molecular formula is C18H18N2O3. The van der Waals surface area contributed by atoms with Gasteiger partial charge < -0.3 is 9.52 Å². The third-order valence-corrected chi connectivity index (χ3v) is 4.53. The Morgan fingerprint density at radius 3 is 2.87 bits per heavy atom. The van der Waals surface area contributed by atoms with E-state index in [4.69, 9.17) is 4.42 Å². The smallest absolute Gasteiger partial charge is 0.408 e. The second-order valence-corrected chi connectivity index (χ2v) is 6.20. The van der Waals surface area contributed by atoms with E-state index in [-0.39, 0.29) is 0 Å². The van der Waals surface area contributed by atoms with Crippen molar-refractivity contribution in [3.8, 4) is 0 Å². The molecule has 1 fully saturated rings. The molecule has 1 unspecified atom stereocenters. The Morgan fingerprint density at radius 1 is 1.22 bits per heavy atom. The van der Waals surface area contributed by atoms with Crippen molar-refractivity contribution in [2.75, 3.05) is 13.1 Å². The van der Waals surface area contributed by atoms with Gasteiger partial charge in [0.05, 0.1) is 5.52 Å². The summed E-state index contributed by atoms with van der Waals surface area (Å²) in [6, 6.07) is 15.7. The zero-order chi connectivity index (χ0) is 15.9. The van der Waals surface area contributed by atoms with Crippen molar-refractivity contribution < 1.29 is 9.52 Å². The van der Waals surface area contributed by atoms with Gasteiger partial charge in [0.15, 0.2) is 5.58 Å². The number of hydrogen-bond acceptors (Lipinski definition) is 4. The molecule has 0 bridgehead atoms. The van der Waals surface area contributed by atoms with Crippen molar-refractivity contribution in [2.24, 2.45) is 0 Å². The van der Waals surface area contributed by atoms with Crippen LogP contribution in [0, 0.1) is 0 Å². The van der Waals surface area contributed by atoms with E-state index in [0.717, 1.165) is 18.7 Å². The Bertz CT molecular complexity index is 884. The van der Waals surface area contributed by atoms with Crippen LogP contribution in [-0.2, 0) is 12.1 Å². The molecule has 4 rings (SSSR count). The SMILES string of the molecule is O=c1[nH]c2ccc(C3(O)CCN(Cc4ccccc4)C3)cc2o1. The maximum absolute atomic E-state index is 11.3. The van der Waals surface area contributed by atoms with Gasteiger partial charge in [-0.1, -0.05) is 36.4 Å². The fourth-order valence-corrected chi connectivity index (χ4v) is 3.32. The van der Waals surface area contributed by atoms with Crippen LogP contribution in [0.2, 0.25) is 0 Å². The van der Waals surface area contributed by atoms with Gasteiger partial charge in [0.2, 0.25) is 0 Å². The molecule has 23 heavy (non-hydrogen) atoms. The van der Waals surface area contributed by atoms with Gasteiger partial charge in [0.25, 0.3) is 0 Å². The van der Waals surface area contributed by atoms with E-state index in [1.54, 1.807) is 12.1 Å². The first kappa shape index (κ1) is 14.2. The topological polar surface area (TPSA) is 69.5 Å². The molecular weight excluding hydrogens is 292 g/mol. The predicted molar refractivity (Wildman–Crippen MR) is 87.1 cm³/mol. The van der Waals surface area contributed by atoms with E-state index in [1.807, 2.05) is 24.3 Å². The quantitative estimate of drug-likeness (QED) is 0.778. The molecule has 2 heterocycles. The summed E-state index contributed by atoms with van der Waals surface area (Å²) in [7, 11) is 0. The third kappa shape index (κ3) is 2.69. The summed E-state index contributed by atoms with van der Waals surface area (Å²) >= 11 is 0. The molecule has 1 aromatic heterocycles. The lowest BCUT2D eigenvalue weighted by atomic mass is 9.93. The molecule has 1 saturated heterocycles. The van der Waals surface area contributed by atoms with Crippen molar-refractivity contribution >= 4 is 11.1 Å². The van der Waals surface area contributed by atoms with E-state index >= 15 is 0 Å². The van der Waals surface area contributed by atoms with Crippen molar-refractivity contribution in [3.05, 3.63) is 70.2 Å². The number of β-amino-alcohol motifs (C(OH)–C–C–N with tert-alkyl or cyclic N) is 1. The lowest BCUT2D eigenvalue weighted by molar-refractivity contribution is 0.0453. The van der Waals surface area contributed by atoms with Crippen LogP contribution >= 0.6 is 0 Å². The molecule has 1 atom stereocenters. The third-order valence-electron chi connectivity index (χ3n) is 4.53. The Balaban J connectivity index is 1.57. The second-order valence-electron chi connectivity index (χ2n) is 6.20. The van der Waals surface area contributed by atoms with E-state index in [9.17, 15) is 9.90 Å². The Hall–Kier alpha value is -2.37. The number of oxazole rings is 1. The summed E-state index contributed by atoms with van der Waals surface area (Å²) in [6.45, 7) is 2.23. The molecule has 2 N–H and O–H groups in total. The maximum Gasteiger partial charge on any atom is 0.417 e. The Kier molecular flexibility index (Phi) is 3.32. The zero-order valence-electron chi connectivity index (χ0n) is 12.7. The predicted octanol–water partition coefficient (Wildman–Crippen LogP) is 2.21. The fourth-order valence-electron chi connectivity index (χ4n) is 3.32. The number of aromatic amines is 1. The van der Waals surface area contributed by atoms with Crippen LogP contribution in [0.4, 0.5) is 0 Å². The van der Waals surface area contributed by atoms with Gasteiger partial charge in [-0.25, -0.2) is 4.79 Å². The molecule has 0 aliphatic carbocycles. The second kappa shape index (κ2) is 5.37. The lowest BCUT2D eigenvalue weighted by Crippen LogP contribution is -2.30. The highest BCUT2D eigenvalue weighted by Crippen LogP contribution is 2.33. The zero-order valence-corrected chi connectivity index (χ0v) is 12.7. The number of likely N-dealkylation sites (tertiary alicyclic amines) is 1. The molecule has 5 heteroatoms. The number of hydrogen-bond donors (Lipinski definition) is 2. The molecule has 5 nitrogen and oxygen atoms in total. The number of nitrogens with zero attached hydrogens (tertiary/aromatic N) is 1. The van der Waals surface area contributed by atoms with Crippen LogP contribution in [0.25, 0.3) is 11.1 Å². The molecule has 2 aromatic carbocycles. The summed E-state index contributed by atoms with van der Waals surface area (Å²) in [5.74, 6) is -0.471. The maximum atomic E-state index is 11.3. The molecule has 0 amide bonds. The van der Waals surface area contributed by atoms with E-state index in [1.165, 1.54) is 5.56 Å². The average Bonchev–Trinajstić information content (AvgIpc) is 3.10. The highest BCUT2D eigenvalue weighted by atomic mass is 16.4. The van der Waals surface area contributed by atoms with E-state index in [2.05, 4.69) is 22.0 Å². The summed E-state index contributed by atoms with van der Waals surface area (Å²) in [6.07, 6.45) is 0.667. The summed E-state index contributed by atoms with van der Waals surface area (Å²) < 4.78 is 5.10. The van der Waals surface area contributed by atoms with Crippen molar-refractivity contribution in [1.82, 2.24) is 9.88 Å². The monoisotopic (exact) mass is 310 g/mol. The number of aromatic nitrogens is 1. The number of H-pyrrole nitrogens is 1. The Labute approximate surface area is 133 Å². The van der Waals surface area contributed by atoms with Crippen molar-refractivity contribution in [1.29, 1.82) is 0 Å². The summed E-state index contributed by atoms with van der Waals surface area (Å²) in [5, 5.41) is 11.0. The first-order valence-corrected chi connectivity index (χ1v) is 7.74. The van der Waals surface area contributed by atoms with Gasteiger partial charge in [-0.15, -0.1) is 0 Å². The molecule has 118 valence electrons. The van der Waals surface area contributed by atoms with Gasteiger partial charge >= 0.3 is 5.76 Å². The molecule has 3 aromatic rings. The standard InChI is InChI=1S/C18H18N2O3/c21-17-19-15-7-6-14(10-16(15)23-17)18(22)8-9-20(12-18)11-13-4-2-1-3-5-13/h1-7,10,22H,8-9,11-12H2,(H,19,21). The number of benzene rings is 2. The largest absolute Gasteiger partial charge is 0.417 e. The lowest BCUT2D eigenvalue weighted by Gasteiger charge is -2.24. The average molecular weight is 310 g/mol. The van der Waals surface area contributed by atoms with E-state index in [0.29, 0.717) is 24.1 Å². The van der Waals surface area contributed by atoms with Crippen molar-refractivity contribution in [2.45, 2.75) is 18.6 Å². The molecule has 0 radical (unpaired) electrons. The molecule has 0 saturated carbocycles. The van der Waals surface area contributed by atoms with Gasteiger partial charge in [-0.3, -0.25) is 9.88 Å². The van der Waals surface area contributed by atoms with Crippen LogP contribution in [0.15, 0.2) is 57.7 Å². The van der Waals surface area contributed by atoms with Gasteiger partial charge in [-0.2, -0.15) is 0 Å².